The molecule has 3 aliphatic heterocycles. The molecular weight excluding hydrogens is 280 g/mol. The average molecular weight is 307 g/mol. The molecule has 3 N–H and O–H groups in total. The van der Waals surface area contributed by atoms with Crippen molar-refractivity contribution >= 4 is 11.8 Å². The summed E-state index contributed by atoms with van der Waals surface area (Å²) in [6, 6.07) is 0.436. The van der Waals surface area contributed by atoms with Crippen molar-refractivity contribution in [2.75, 3.05) is 32.7 Å². The number of primary amides is 1. The van der Waals surface area contributed by atoms with Crippen LogP contribution in [0.5, 0.6) is 0 Å². The summed E-state index contributed by atoms with van der Waals surface area (Å²) in [6.07, 6.45) is 4.89. The Hall–Kier alpha value is -1.14. The van der Waals surface area contributed by atoms with Crippen molar-refractivity contribution in [1.29, 1.82) is 0 Å². The van der Waals surface area contributed by atoms with Gasteiger partial charge in [0.25, 0.3) is 0 Å². The number of nitrogens with two attached hydrogens (primary N) is 1. The van der Waals surface area contributed by atoms with Crippen molar-refractivity contribution in [3.05, 3.63) is 5.92 Å². The summed E-state index contributed by atoms with van der Waals surface area (Å²) in [4.78, 5) is 27.5. The number of amides is 2. The molecule has 2 atom stereocenters. The van der Waals surface area contributed by atoms with Gasteiger partial charge < -0.3 is 16.0 Å². The van der Waals surface area contributed by atoms with Gasteiger partial charge in [-0.05, 0) is 44.6 Å². The Bertz CT molecular complexity index is 447. The SMILES string of the molecule is CC(=O)N1CCN(CC[C]2C[C@H]3CC[C@@](C(N)=O)(C2)N3)CC1. The molecule has 0 aliphatic carbocycles. The Kier molecular flexibility index (Phi) is 4.41. The van der Waals surface area contributed by atoms with Crippen molar-refractivity contribution < 1.29 is 9.59 Å². The number of hydrogen-bond donors (Lipinski definition) is 2. The third-order valence-corrected chi connectivity index (χ3v) is 5.56. The molecule has 0 aromatic carbocycles. The summed E-state index contributed by atoms with van der Waals surface area (Å²) in [5, 5.41) is 3.44. The maximum Gasteiger partial charge on any atom is 0.237 e. The number of nitrogens with one attached hydrogen (secondary N) is 1. The van der Waals surface area contributed by atoms with Gasteiger partial charge in [-0.25, -0.2) is 0 Å². The zero-order chi connectivity index (χ0) is 15.7. The highest BCUT2D eigenvalue weighted by atomic mass is 16.2. The fourth-order valence-electron chi connectivity index (χ4n) is 4.17. The minimum atomic E-state index is -0.467. The van der Waals surface area contributed by atoms with Gasteiger partial charge in [0.2, 0.25) is 11.8 Å². The van der Waals surface area contributed by atoms with E-state index in [0.29, 0.717) is 6.04 Å². The van der Waals surface area contributed by atoms with Gasteiger partial charge in [0.05, 0.1) is 5.54 Å². The molecule has 3 aliphatic rings. The zero-order valence-corrected chi connectivity index (χ0v) is 13.4. The van der Waals surface area contributed by atoms with Gasteiger partial charge in [0.1, 0.15) is 0 Å². The number of carbonyl (C=O) groups excluding carboxylic acids is 2. The number of fused-ring (bicyclic) bond motifs is 2. The summed E-state index contributed by atoms with van der Waals surface area (Å²) in [5.41, 5.74) is 5.15. The number of carbonyl (C=O) groups is 2. The third-order valence-electron chi connectivity index (χ3n) is 5.56. The smallest absolute Gasteiger partial charge is 0.237 e. The summed E-state index contributed by atoms with van der Waals surface area (Å²) < 4.78 is 0. The van der Waals surface area contributed by atoms with Crippen LogP contribution in [0, 0.1) is 5.92 Å². The largest absolute Gasteiger partial charge is 0.368 e. The second-order valence-corrected chi connectivity index (χ2v) is 7.05. The Labute approximate surface area is 132 Å². The van der Waals surface area contributed by atoms with Crippen molar-refractivity contribution in [2.45, 2.75) is 50.6 Å². The van der Waals surface area contributed by atoms with Crippen LogP contribution in [0.15, 0.2) is 0 Å². The number of rotatable bonds is 4. The van der Waals surface area contributed by atoms with Crippen LogP contribution in [0.2, 0.25) is 0 Å². The van der Waals surface area contributed by atoms with Crippen LogP contribution in [0.25, 0.3) is 0 Å². The van der Waals surface area contributed by atoms with Gasteiger partial charge in [0.15, 0.2) is 0 Å². The maximum atomic E-state index is 11.8. The second-order valence-electron chi connectivity index (χ2n) is 7.05. The summed E-state index contributed by atoms with van der Waals surface area (Å²) in [7, 11) is 0. The lowest BCUT2D eigenvalue weighted by atomic mass is 9.81. The summed E-state index contributed by atoms with van der Waals surface area (Å²) >= 11 is 0. The van der Waals surface area contributed by atoms with Crippen LogP contribution in [0.1, 0.15) is 39.0 Å². The first kappa shape index (κ1) is 15.7. The van der Waals surface area contributed by atoms with E-state index in [0.717, 1.165) is 64.8 Å². The first-order chi connectivity index (χ1) is 10.5. The quantitative estimate of drug-likeness (QED) is 0.759. The molecule has 22 heavy (non-hydrogen) atoms. The van der Waals surface area contributed by atoms with Crippen LogP contribution in [-0.4, -0.2) is 65.9 Å². The molecule has 2 bridgehead atoms. The molecule has 0 spiro atoms. The van der Waals surface area contributed by atoms with E-state index in [1.165, 1.54) is 5.92 Å². The number of nitrogens with zero attached hydrogens (tertiary/aromatic N) is 2. The Balaban J connectivity index is 1.47. The predicted molar refractivity (Wildman–Crippen MR) is 83.9 cm³/mol. The van der Waals surface area contributed by atoms with E-state index in [2.05, 4.69) is 10.2 Å². The molecule has 0 saturated carbocycles. The molecule has 3 heterocycles. The average Bonchev–Trinajstić information content (AvgIpc) is 2.82. The van der Waals surface area contributed by atoms with Crippen molar-refractivity contribution in [3.63, 3.8) is 0 Å². The maximum absolute atomic E-state index is 11.8. The van der Waals surface area contributed by atoms with E-state index in [1.54, 1.807) is 6.92 Å². The van der Waals surface area contributed by atoms with Crippen molar-refractivity contribution in [2.24, 2.45) is 5.73 Å². The van der Waals surface area contributed by atoms with Gasteiger partial charge in [0, 0.05) is 39.1 Å². The fraction of sp³-hybridized carbons (Fsp3) is 0.812. The molecular formula is C16H27N4O2. The lowest BCUT2D eigenvalue weighted by molar-refractivity contribution is -0.130. The van der Waals surface area contributed by atoms with E-state index in [9.17, 15) is 9.59 Å². The normalized spacial score (nSPS) is 33.1. The minimum Gasteiger partial charge on any atom is -0.368 e. The monoisotopic (exact) mass is 307 g/mol. The van der Waals surface area contributed by atoms with Gasteiger partial charge in [-0.3, -0.25) is 14.5 Å². The van der Waals surface area contributed by atoms with Crippen LogP contribution < -0.4 is 11.1 Å². The van der Waals surface area contributed by atoms with E-state index in [4.69, 9.17) is 5.73 Å². The topological polar surface area (TPSA) is 78.7 Å². The minimum absolute atomic E-state index is 0.173. The highest BCUT2D eigenvalue weighted by molar-refractivity contribution is 5.85. The van der Waals surface area contributed by atoms with Crippen LogP contribution in [0.3, 0.4) is 0 Å². The molecule has 0 aromatic heterocycles. The molecule has 6 heteroatoms. The van der Waals surface area contributed by atoms with E-state index in [1.807, 2.05) is 4.90 Å². The van der Waals surface area contributed by atoms with Gasteiger partial charge in [-0.2, -0.15) is 0 Å². The fourth-order valence-corrected chi connectivity index (χ4v) is 4.17. The molecule has 3 rings (SSSR count). The van der Waals surface area contributed by atoms with E-state index in [-0.39, 0.29) is 11.8 Å². The predicted octanol–water partition coefficient (Wildman–Crippen LogP) is -0.115. The van der Waals surface area contributed by atoms with Crippen molar-refractivity contribution in [1.82, 2.24) is 15.1 Å². The first-order valence-corrected chi connectivity index (χ1v) is 8.37. The summed E-state index contributed by atoms with van der Waals surface area (Å²) in [6.45, 7) is 6.24. The lowest BCUT2D eigenvalue weighted by Crippen LogP contribution is -2.57. The van der Waals surface area contributed by atoms with Gasteiger partial charge in [-0.1, -0.05) is 0 Å². The van der Waals surface area contributed by atoms with E-state index >= 15 is 0 Å². The third kappa shape index (κ3) is 3.13. The highest BCUT2D eigenvalue weighted by Gasteiger charge is 2.49. The van der Waals surface area contributed by atoms with Gasteiger partial charge >= 0.3 is 0 Å². The Morgan fingerprint density at radius 3 is 2.68 bits per heavy atom. The molecule has 6 nitrogen and oxygen atoms in total. The first-order valence-electron chi connectivity index (χ1n) is 8.37. The van der Waals surface area contributed by atoms with E-state index < -0.39 is 5.54 Å². The number of hydrogen-bond acceptors (Lipinski definition) is 4. The Morgan fingerprint density at radius 2 is 2.05 bits per heavy atom. The van der Waals surface area contributed by atoms with Gasteiger partial charge in [-0.15, -0.1) is 0 Å². The van der Waals surface area contributed by atoms with Crippen LogP contribution in [-0.2, 0) is 9.59 Å². The molecule has 123 valence electrons. The molecule has 0 unspecified atom stereocenters. The van der Waals surface area contributed by atoms with Crippen molar-refractivity contribution in [3.8, 4) is 0 Å². The zero-order valence-electron chi connectivity index (χ0n) is 13.4. The second kappa shape index (κ2) is 6.16. The number of piperazine rings is 1. The summed E-state index contributed by atoms with van der Waals surface area (Å²) in [5.74, 6) is 1.46. The highest BCUT2D eigenvalue weighted by Crippen LogP contribution is 2.41. The number of piperidine rings is 1. The van der Waals surface area contributed by atoms with Crippen LogP contribution in [0.4, 0.5) is 0 Å². The lowest BCUT2D eigenvalue weighted by Gasteiger charge is -2.38. The molecule has 1 radical (unpaired) electrons. The molecule has 0 aromatic rings. The molecule has 3 saturated heterocycles. The Morgan fingerprint density at radius 1 is 1.32 bits per heavy atom. The van der Waals surface area contributed by atoms with Crippen LogP contribution >= 0.6 is 0 Å². The molecule has 2 amide bonds. The standard InChI is InChI=1S/C16H27N4O2/c1-12(21)20-8-6-19(7-9-20)5-3-13-10-14-2-4-16(11-13,18-14)15(17)22/h14,18H,2-11H2,1H3,(H2,17,22)/t14-,16+/m1/s1. The molecule has 3 fully saturated rings.